The van der Waals surface area contributed by atoms with Crippen molar-refractivity contribution in [1.82, 2.24) is 19.9 Å². The Labute approximate surface area is 232 Å². The fraction of sp³-hybridized carbons (Fsp3) is 0.353. The van der Waals surface area contributed by atoms with E-state index in [4.69, 9.17) is 4.74 Å². The van der Waals surface area contributed by atoms with Gasteiger partial charge in [0.25, 0.3) is 0 Å². The molecule has 0 aliphatic rings. The van der Waals surface area contributed by atoms with Crippen LogP contribution in [0.5, 0.6) is 11.5 Å². The molecule has 0 bridgehead atoms. The van der Waals surface area contributed by atoms with Crippen molar-refractivity contribution in [2.45, 2.75) is 78.1 Å². The number of ether oxygens (including phenoxy) is 1. The number of H-pyrrole nitrogens is 2. The highest BCUT2D eigenvalue weighted by molar-refractivity contribution is 5.49. The topological polar surface area (TPSA) is 66.6 Å². The first kappa shape index (κ1) is 27.8. The van der Waals surface area contributed by atoms with Crippen molar-refractivity contribution < 1.29 is 4.74 Å². The fourth-order valence-electron chi connectivity index (χ4n) is 4.38. The van der Waals surface area contributed by atoms with E-state index in [0.29, 0.717) is 0 Å². The summed E-state index contributed by atoms with van der Waals surface area (Å²) in [6.07, 6.45) is 16.9. The van der Waals surface area contributed by atoms with Crippen LogP contribution >= 0.6 is 0 Å². The smallest absolute Gasteiger partial charge is 0.130 e. The SMILES string of the molecule is CCCC#Cc1ccc(Oc2ccc(C#CCCC)cc2CCCc2c[nH]cn2)c(CCCc2c[nH]cn2)c1. The lowest BCUT2D eigenvalue weighted by atomic mass is 10.0. The van der Waals surface area contributed by atoms with E-state index in [2.05, 4.69) is 93.9 Å². The molecule has 0 spiro atoms. The molecule has 0 unspecified atom stereocenters. The summed E-state index contributed by atoms with van der Waals surface area (Å²) in [6.45, 7) is 4.30. The fourth-order valence-corrected chi connectivity index (χ4v) is 4.38. The van der Waals surface area contributed by atoms with Crippen molar-refractivity contribution in [2.24, 2.45) is 0 Å². The van der Waals surface area contributed by atoms with Crippen LogP contribution < -0.4 is 4.74 Å². The third kappa shape index (κ3) is 8.94. The second kappa shape index (κ2) is 15.3. The zero-order valence-corrected chi connectivity index (χ0v) is 23.1. The summed E-state index contributed by atoms with van der Waals surface area (Å²) in [5.74, 6) is 15.0. The lowest BCUT2D eigenvalue weighted by molar-refractivity contribution is 0.468. The van der Waals surface area contributed by atoms with Crippen molar-refractivity contribution in [3.8, 4) is 35.2 Å². The van der Waals surface area contributed by atoms with Crippen LogP contribution in [-0.2, 0) is 25.7 Å². The molecular formula is C34H38N4O. The summed E-state index contributed by atoms with van der Waals surface area (Å²) in [7, 11) is 0. The Morgan fingerprint density at radius 3 is 1.56 bits per heavy atom. The predicted octanol–water partition coefficient (Wildman–Crippen LogP) is 7.58. The molecular weight excluding hydrogens is 480 g/mol. The van der Waals surface area contributed by atoms with Gasteiger partial charge in [0.1, 0.15) is 11.5 Å². The minimum atomic E-state index is 0.886. The standard InChI is InChI=1S/C34H38N4O/c1-3-5-7-11-27-17-19-33(29(21-27)13-9-15-31-23-35-25-37-31)39-34-20-18-28(12-8-6-4-2)22-30(34)14-10-16-32-24-36-26-38-32/h17-26H,3-6,9-10,13-16H2,1-2H3,(H,35,37)(H,36,38). The molecule has 4 rings (SSSR count). The summed E-state index contributed by atoms with van der Waals surface area (Å²) in [4.78, 5) is 14.8. The van der Waals surface area contributed by atoms with Crippen LogP contribution in [0.4, 0.5) is 0 Å². The monoisotopic (exact) mass is 518 g/mol. The van der Waals surface area contributed by atoms with E-state index < -0.39 is 0 Å². The zero-order valence-electron chi connectivity index (χ0n) is 23.1. The summed E-state index contributed by atoms with van der Waals surface area (Å²) < 4.78 is 6.64. The molecule has 0 saturated carbocycles. The van der Waals surface area contributed by atoms with E-state index in [-0.39, 0.29) is 0 Å². The Morgan fingerprint density at radius 2 is 1.15 bits per heavy atom. The molecule has 0 saturated heterocycles. The number of unbranched alkanes of at least 4 members (excludes halogenated alkanes) is 2. The van der Waals surface area contributed by atoms with Gasteiger partial charge < -0.3 is 14.7 Å². The lowest BCUT2D eigenvalue weighted by Gasteiger charge is -2.15. The van der Waals surface area contributed by atoms with Gasteiger partial charge in [-0.15, -0.1) is 0 Å². The molecule has 2 heterocycles. The van der Waals surface area contributed by atoms with Gasteiger partial charge in [-0.05, 0) is 98.9 Å². The molecule has 5 heteroatoms. The van der Waals surface area contributed by atoms with Gasteiger partial charge in [0.2, 0.25) is 0 Å². The maximum Gasteiger partial charge on any atom is 0.130 e. The molecule has 4 aromatic rings. The lowest BCUT2D eigenvalue weighted by Crippen LogP contribution is -1.99. The van der Waals surface area contributed by atoms with Gasteiger partial charge in [-0.2, -0.15) is 0 Å². The summed E-state index contributed by atoms with van der Waals surface area (Å²) in [5, 5.41) is 0. The predicted molar refractivity (Wildman–Crippen MR) is 158 cm³/mol. The van der Waals surface area contributed by atoms with Crippen LogP contribution in [0.25, 0.3) is 0 Å². The molecule has 2 aromatic heterocycles. The molecule has 2 aromatic carbocycles. The molecule has 0 fully saturated rings. The van der Waals surface area contributed by atoms with E-state index >= 15 is 0 Å². The van der Waals surface area contributed by atoms with Crippen molar-refractivity contribution >= 4 is 0 Å². The second-order valence-electron chi connectivity index (χ2n) is 9.68. The highest BCUT2D eigenvalue weighted by atomic mass is 16.5. The second-order valence-corrected chi connectivity index (χ2v) is 9.68. The molecule has 0 atom stereocenters. The Hall–Kier alpha value is -4.22. The maximum absolute atomic E-state index is 6.64. The van der Waals surface area contributed by atoms with Crippen LogP contribution in [0.2, 0.25) is 0 Å². The van der Waals surface area contributed by atoms with Crippen molar-refractivity contribution in [2.75, 3.05) is 0 Å². The average Bonchev–Trinajstić information content (AvgIpc) is 3.66. The van der Waals surface area contributed by atoms with Gasteiger partial charge >= 0.3 is 0 Å². The number of rotatable bonds is 12. The summed E-state index contributed by atoms with van der Waals surface area (Å²) in [5.41, 5.74) is 6.56. The Kier molecular flexibility index (Phi) is 10.9. The van der Waals surface area contributed by atoms with Gasteiger partial charge in [-0.25, -0.2) is 9.97 Å². The molecule has 200 valence electrons. The van der Waals surface area contributed by atoms with E-state index in [1.165, 1.54) is 11.1 Å². The van der Waals surface area contributed by atoms with Crippen molar-refractivity contribution in [3.63, 3.8) is 0 Å². The van der Waals surface area contributed by atoms with Gasteiger partial charge in [0.05, 0.1) is 24.0 Å². The van der Waals surface area contributed by atoms with Crippen LogP contribution in [0.1, 0.15) is 86.0 Å². The number of hydrogen-bond donors (Lipinski definition) is 2. The number of aromatic nitrogens is 4. The molecule has 39 heavy (non-hydrogen) atoms. The number of aryl methyl sites for hydroxylation is 4. The number of nitrogens with zero attached hydrogens (tertiary/aromatic N) is 2. The molecule has 5 nitrogen and oxygen atoms in total. The maximum atomic E-state index is 6.64. The number of imidazole rings is 2. The largest absolute Gasteiger partial charge is 0.457 e. The number of aromatic amines is 2. The van der Waals surface area contributed by atoms with Crippen molar-refractivity contribution in [1.29, 1.82) is 0 Å². The quantitative estimate of drug-likeness (QED) is 0.190. The third-order valence-electron chi connectivity index (χ3n) is 6.42. The summed E-state index contributed by atoms with van der Waals surface area (Å²) in [6, 6.07) is 12.6. The van der Waals surface area contributed by atoms with Crippen molar-refractivity contribution in [3.05, 3.63) is 95.1 Å². The van der Waals surface area contributed by atoms with Crippen LogP contribution in [-0.4, -0.2) is 19.9 Å². The summed E-state index contributed by atoms with van der Waals surface area (Å²) >= 11 is 0. The molecule has 0 aliphatic heterocycles. The van der Waals surface area contributed by atoms with E-state index in [1.807, 2.05) is 12.4 Å². The highest BCUT2D eigenvalue weighted by Gasteiger charge is 2.12. The van der Waals surface area contributed by atoms with E-state index in [9.17, 15) is 0 Å². The number of nitrogens with one attached hydrogen (secondary N) is 2. The highest BCUT2D eigenvalue weighted by Crippen LogP contribution is 2.31. The molecule has 0 aliphatic carbocycles. The van der Waals surface area contributed by atoms with Crippen LogP contribution in [0.3, 0.4) is 0 Å². The van der Waals surface area contributed by atoms with Gasteiger partial charge in [-0.1, -0.05) is 37.5 Å². The molecule has 0 radical (unpaired) electrons. The zero-order chi connectivity index (χ0) is 27.1. The first-order chi connectivity index (χ1) is 19.2. The minimum Gasteiger partial charge on any atom is -0.457 e. The van der Waals surface area contributed by atoms with Gasteiger partial charge in [-0.3, -0.25) is 0 Å². The number of hydrogen-bond acceptors (Lipinski definition) is 3. The minimum absolute atomic E-state index is 0.886. The van der Waals surface area contributed by atoms with Gasteiger partial charge in [0, 0.05) is 36.4 Å². The number of benzene rings is 2. The first-order valence-electron chi connectivity index (χ1n) is 14.1. The van der Waals surface area contributed by atoms with Gasteiger partial charge in [0.15, 0.2) is 0 Å². The normalized spacial score (nSPS) is 10.4. The van der Waals surface area contributed by atoms with Crippen LogP contribution in [0, 0.1) is 23.7 Å². The Bertz CT molecular complexity index is 1300. The Morgan fingerprint density at radius 1 is 0.667 bits per heavy atom. The average molecular weight is 519 g/mol. The van der Waals surface area contributed by atoms with E-state index in [1.54, 1.807) is 12.7 Å². The van der Waals surface area contributed by atoms with E-state index in [0.717, 1.165) is 98.2 Å². The molecule has 0 amide bonds. The molecule has 2 N–H and O–H groups in total. The van der Waals surface area contributed by atoms with Crippen LogP contribution in [0.15, 0.2) is 61.4 Å². The third-order valence-corrected chi connectivity index (χ3v) is 6.42. The Balaban J connectivity index is 1.56. The first-order valence-corrected chi connectivity index (χ1v) is 14.1.